The molecule has 1 amide bonds. The summed E-state index contributed by atoms with van der Waals surface area (Å²) >= 11 is 0. The highest BCUT2D eigenvalue weighted by molar-refractivity contribution is 5.82. The van der Waals surface area contributed by atoms with Gasteiger partial charge in [0.2, 0.25) is 5.91 Å². The third-order valence-corrected chi connectivity index (χ3v) is 7.39. The van der Waals surface area contributed by atoms with Crippen LogP contribution in [0.3, 0.4) is 0 Å². The molecule has 0 spiro atoms. The van der Waals surface area contributed by atoms with Crippen molar-refractivity contribution in [2.24, 2.45) is 5.92 Å². The lowest BCUT2D eigenvalue weighted by molar-refractivity contribution is -0.148. The molecule has 0 radical (unpaired) electrons. The average Bonchev–Trinajstić information content (AvgIpc) is 2.86. The Hall–Kier alpha value is -2.45. The van der Waals surface area contributed by atoms with Gasteiger partial charge in [-0.15, -0.1) is 0 Å². The molecule has 1 aliphatic carbocycles. The predicted octanol–water partition coefficient (Wildman–Crippen LogP) is 5.81. The summed E-state index contributed by atoms with van der Waals surface area (Å²) in [6.07, 6.45) is 8.80. The fourth-order valence-corrected chi connectivity index (χ4v) is 5.26. The van der Waals surface area contributed by atoms with Crippen molar-refractivity contribution in [2.45, 2.75) is 103 Å². The Morgan fingerprint density at radius 2 is 2.00 bits per heavy atom. The Morgan fingerprint density at radius 1 is 1.26 bits per heavy atom. The minimum absolute atomic E-state index is 0.0613. The van der Waals surface area contributed by atoms with Gasteiger partial charge in [-0.1, -0.05) is 38.8 Å². The van der Waals surface area contributed by atoms with Crippen LogP contribution in [0.2, 0.25) is 0 Å². The molecule has 1 saturated carbocycles. The molecule has 2 fully saturated rings. The van der Waals surface area contributed by atoms with E-state index in [1.54, 1.807) is 26.8 Å². The number of hydrogen-bond donors (Lipinski definition) is 1. The summed E-state index contributed by atoms with van der Waals surface area (Å²) in [6, 6.07) is 4.94. The third kappa shape index (κ3) is 8.53. The van der Waals surface area contributed by atoms with E-state index in [9.17, 15) is 14.0 Å². The first-order valence-corrected chi connectivity index (χ1v) is 13.9. The minimum Gasteiger partial charge on any atom is -0.461 e. The first kappa shape index (κ1) is 30.1. The SMILES string of the molecule is CCCCC1(C(C)COC2CCC(c3cccc(F)c3O/C=C/C(=O)OC(C)(C)C)CC2)COCC(=O)N1. The van der Waals surface area contributed by atoms with E-state index in [0.29, 0.717) is 13.2 Å². The summed E-state index contributed by atoms with van der Waals surface area (Å²) in [5.74, 6) is -0.661. The number of carbonyl (C=O) groups excluding carboxylic acids is 2. The second-order valence-corrected chi connectivity index (χ2v) is 11.6. The van der Waals surface area contributed by atoms with E-state index >= 15 is 0 Å². The van der Waals surface area contributed by atoms with Crippen molar-refractivity contribution in [1.82, 2.24) is 5.32 Å². The summed E-state index contributed by atoms with van der Waals surface area (Å²) in [7, 11) is 0. The molecule has 1 aromatic carbocycles. The van der Waals surface area contributed by atoms with Gasteiger partial charge < -0.3 is 24.3 Å². The first-order valence-electron chi connectivity index (χ1n) is 13.9. The zero-order valence-corrected chi connectivity index (χ0v) is 23.5. The van der Waals surface area contributed by atoms with Gasteiger partial charge in [0.05, 0.1) is 37.2 Å². The fourth-order valence-electron chi connectivity index (χ4n) is 5.26. The van der Waals surface area contributed by atoms with E-state index in [2.05, 4.69) is 19.2 Å². The number of amides is 1. The van der Waals surface area contributed by atoms with Crippen molar-refractivity contribution in [1.29, 1.82) is 0 Å². The monoisotopic (exact) mass is 533 g/mol. The number of ether oxygens (including phenoxy) is 4. The zero-order chi connectivity index (χ0) is 27.8. The van der Waals surface area contributed by atoms with Crippen molar-refractivity contribution in [3.8, 4) is 5.75 Å². The van der Waals surface area contributed by atoms with E-state index in [1.807, 2.05) is 6.07 Å². The minimum atomic E-state index is -0.614. The maximum atomic E-state index is 14.7. The van der Waals surface area contributed by atoms with Gasteiger partial charge in [0.15, 0.2) is 11.6 Å². The molecule has 1 aromatic rings. The maximum Gasteiger partial charge on any atom is 0.334 e. The number of para-hydroxylation sites is 1. The van der Waals surface area contributed by atoms with Crippen LogP contribution in [0.4, 0.5) is 4.39 Å². The number of nitrogens with one attached hydrogen (secondary N) is 1. The van der Waals surface area contributed by atoms with Crippen molar-refractivity contribution in [3.63, 3.8) is 0 Å². The third-order valence-electron chi connectivity index (χ3n) is 7.39. The average molecular weight is 534 g/mol. The second-order valence-electron chi connectivity index (χ2n) is 11.6. The van der Waals surface area contributed by atoms with Crippen LogP contribution in [0, 0.1) is 11.7 Å². The van der Waals surface area contributed by atoms with E-state index in [-0.39, 0.29) is 41.7 Å². The lowest BCUT2D eigenvalue weighted by atomic mass is 9.80. The van der Waals surface area contributed by atoms with Gasteiger partial charge in [0.1, 0.15) is 12.2 Å². The molecule has 7 nitrogen and oxygen atoms in total. The topological polar surface area (TPSA) is 83.1 Å². The summed E-state index contributed by atoms with van der Waals surface area (Å²) in [6.45, 7) is 10.8. The molecular weight excluding hydrogens is 489 g/mol. The summed E-state index contributed by atoms with van der Waals surface area (Å²) < 4.78 is 37.5. The van der Waals surface area contributed by atoms with Crippen LogP contribution >= 0.6 is 0 Å². The van der Waals surface area contributed by atoms with Crippen LogP contribution in [-0.4, -0.2) is 48.9 Å². The van der Waals surface area contributed by atoms with Gasteiger partial charge in [0.25, 0.3) is 0 Å². The molecule has 212 valence electrons. The Kier molecular flexibility index (Phi) is 10.7. The van der Waals surface area contributed by atoms with E-state index in [4.69, 9.17) is 18.9 Å². The first-order chi connectivity index (χ1) is 18.0. The van der Waals surface area contributed by atoms with Crippen LogP contribution in [0.25, 0.3) is 0 Å². The van der Waals surface area contributed by atoms with E-state index < -0.39 is 17.4 Å². The number of rotatable bonds is 11. The molecular formula is C30H44FNO6. The molecule has 2 atom stereocenters. The normalized spacial score (nSPS) is 25.2. The van der Waals surface area contributed by atoms with Crippen molar-refractivity contribution >= 4 is 11.9 Å². The maximum absolute atomic E-state index is 14.7. The highest BCUT2D eigenvalue weighted by Gasteiger charge is 2.40. The Morgan fingerprint density at radius 3 is 2.66 bits per heavy atom. The number of benzene rings is 1. The van der Waals surface area contributed by atoms with Gasteiger partial charge in [-0.25, -0.2) is 9.18 Å². The summed E-state index contributed by atoms with van der Waals surface area (Å²) in [5.41, 5.74) is -0.202. The molecule has 38 heavy (non-hydrogen) atoms. The van der Waals surface area contributed by atoms with Crippen LogP contribution in [0.1, 0.15) is 91.0 Å². The highest BCUT2D eigenvalue weighted by Crippen LogP contribution is 2.40. The highest BCUT2D eigenvalue weighted by atomic mass is 19.1. The second kappa shape index (κ2) is 13.6. The standard InChI is InChI=1S/C30H44FNO6/c1-6-7-16-30(20-35-19-26(33)32-30)21(2)18-37-23-13-11-22(12-14-23)24-9-8-10-25(31)28(24)36-17-15-27(34)38-29(3,4)5/h8-10,15,17,21-23H,6-7,11-14,16,18-20H2,1-5H3,(H,32,33)/b17-15+. The van der Waals surface area contributed by atoms with E-state index in [1.165, 1.54) is 18.4 Å². The molecule has 2 unspecified atom stereocenters. The molecule has 1 aliphatic heterocycles. The van der Waals surface area contributed by atoms with Gasteiger partial charge in [0, 0.05) is 11.5 Å². The summed E-state index contributed by atoms with van der Waals surface area (Å²) in [5, 5.41) is 3.20. The van der Waals surface area contributed by atoms with Crippen molar-refractivity contribution < 1.29 is 32.9 Å². The largest absolute Gasteiger partial charge is 0.461 e. The molecule has 2 aliphatic rings. The number of carbonyl (C=O) groups is 2. The van der Waals surface area contributed by atoms with Crippen molar-refractivity contribution in [3.05, 3.63) is 41.9 Å². The molecule has 8 heteroatoms. The lowest BCUT2D eigenvalue weighted by Crippen LogP contribution is -2.61. The zero-order valence-electron chi connectivity index (χ0n) is 23.5. The van der Waals surface area contributed by atoms with Crippen LogP contribution < -0.4 is 10.1 Å². The Labute approximate surface area is 226 Å². The Balaban J connectivity index is 1.55. The van der Waals surface area contributed by atoms with E-state index in [0.717, 1.165) is 50.5 Å². The van der Waals surface area contributed by atoms with Crippen molar-refractivity contribution in [2.75, 3.05) is 19.8 Å². The number of hydrogen-bond acceptors (Lipinski definition) is 6. The quantitative estimate of drug-likeness (QED) is 0.219. The molecule has 3 rings (SSSR count). The molecule has 1 saturated heterocycles. The molecule has 0 bridgehead atoms. The molecule has 1 N–H and O–H groups in total. The number of unbranched alkanes of at least 4 members (excludes halogenated alkanes) is 1. The summed E-state index contributed by atoms with van der Waals surface area (Å²) in [4.78, 5) is 24.0. The van der Waals surface area contributed by atoms with Gasteiger partial charge in [-0.3, -0.25) is 4.79 Å². The van der Waals surface area contributed by atoms with Crippen LogP contribution in [0.15, 0.2) is 30.5 Å². The van der Waals surface area contributed by atoms with Gasteiger partial charge in [-0.05, 0) is 64.9 Å². The van der Waals surface area contributed by atoms with Gasteiger partial charge >= 0.3 is 5.97 Å². The predicted molar refractivity (Wildman–Crippen MR) is 143 cm³/mol. The smallest absolute Gasteiger partial charge is 0.334 e. The van der Waals surface area contributed by atoms with Crippen LogP contribution in [0.5, 0.6) is 5.75 Å². The number of esters is 1. The number of morpholine rings is 1. The molecule has 0 aromatic heterocycles. The van der Waals surface area contributed by atoms with Crippen LogP contribution in [-0.2, 0) is 23.8 Å². The fraction of sp³-hybridized carbons (Fsp3) is 0.667. The lowest BCUT2D eigenvalue weighted by Gasteiger charge is -2.43. The Bertz CT molecular complexity index is 966. The number of halogens is 1. The van der Waals surface area contributed by atoms with Gasteiger partial charge in [-0.2, -0.15) is 0 Å². The molecule has 1 heterocycles.